The Hall–Kier alpha value is -3.42. The molecular formula is C19H17FN4O3. The molecule has 27 heavy (non-hydrogen) atoms. The summed E-state index contributed by atoms with van der Waals surface area (Å²) in [4.78, 5) is 30.0. The van der Waals surface area contributed by atoms with E-state index < -0.39 is 10.7 Å². The minimum Gasteiger partial charge on any atom is -0.362 e. The number of amides is 1. The van der Waals surface area contributed by atoms with Crippen LogP contribution in [0.1, 0.15) is 10.5 Å². The number of halogens is 1. The number of carbonyl (C=O) groups is 1. The van der Waals surface area contributed by atoms with E-state index in [4.69, 9.17) is 0 Å². The Morgan fingerprint density at radius 1 is 1.07 bits per heavy atom. The van der Waals surface area contributed by atoms with Crippen molar-refractivity contribution >= 4 is 28.2 Å². The molecule has 0 unspecified atom stereocenters. The number of rotatable bonds is 3. The van der Waals surface area contributed by atoms with Gasteiger partial charge < -0.3 is 14.8 Å². The van der Waals surface area contributed by atoms with Crippen molar-refractivity contribution in [2.45, 2.75) is 0 Å². The van der Waals surface area contributed by atoms with Gasteiger partial charge in [-0.25, -0.2) is 4.39 Å². The minimum absolute atomic E-state index is 0.0977. The van der Waals surface area contributed by atoms with Gasteiger partial charge in [-0.1, -0.05) is 18.2 Å². The molecule has 1 saturated heterocycles. The quantitative estimate of drug-likeness (QED) is 0.569. The van der Waals surface area contributed by atoms with Crippen molar-refractivity contribution in [3.05, 3.63) is 70.2 Å². The minimum atomic E-state index is -0.641. The molecule has 1 aromatic heterocycles. The van der Waals surface area contributed by atoms with Gasteiger partial charge in [0.15, 0.2) is 0 Å². The number of nitrogens with zero attached hydrogens (tertiary/aromatic N) is 3. The number of aromatic nitrogens is 1. The molecule has 8 heteroatoms. The fraction of sp³-hybridized carbons (Fsp3) is 0.211. The van der Waals surface area contributed by atoms with Crippen LogP contribution in [-0.2, 0) is 0 Å². The van der Waals surface area contributed by atoms with Crippen molar-refractivity contribution in [1.29, 1.82) is 0 Å². The first-order valence-electron chi connectivity index (χ1n) is 8.59. The lowest BCUT2D eigenvalue weighted by atomic mass is 10.2. The Morgan fingerprint density at radius 3 is 2.52 bits per heavy atom. The summed E-state index contributed by atoms with van der Waals surface area (Å²) in [6.45, 7) is 1.75. The summed E-state index contributed by atoms with van der Waals surface area (Å²) in [6.07, 6.45) is 0. The number of hydrogen-bond acceptors (Lipinski definition) is 4. The molecule has 0 atom stereocenters. The monoisotopic (exact) mass is 368 g/mol. The van der Waals surface area contributed by atoms with Gasteiger partial charge in [-0.2, -0.15) is 0 Å². The van der Waals surface area contributed by atoms with Gasteiger partial charge in [0, 0.05) is 37.1 Å². The van der Waals surface area contributed by atoms with E-state index in [2.05, 4.69) is 4.98 Å². The van der Waals surface area contributed by atoms with Crippen molar-refractivity contribution in [2.24, 2.45) is 0 Å². The van der Waals surface area contributed by atoms with Gasteiger partial charge in [0.05, 0.1) is 11.0 Å². The van der Waals surface area contributed by atoms with Gasteiger partial charge >= 0.3 is 0 Å². The molecule has 1 aliphatic heterocycles. The number of H-pyrrole nitrogens is 1. The molecule has 1 fully saturated rings. The van der Waals surface area contributed by atoms with Gasteiger partial charge in [-0.15, -0.1) is 0 Å². The van der Waals surface area contributed by atoms with Crippen LogP contribution in [0.5, 0.6) is 0 Å². The summed E-state index contributed by atoms with van der Waals surface area (Å²) in [5.74, 6) is -0.738. The van der Waals surface area contributed by atoms with E-state index in [0.717, 1.165) is 17.0 Å². The van der Waals surface area contributed by atoms with Gasteiger partial charge in [-0.05, 0) is 24.3 Å². The molecule has 3 aromatic rings. The first-order chi connectivity index (χ1) is 13.0. The van der Waals surface area contributed by atoms with E-state index in [1.54, 1.807) is 4.90 Å². The molecule has 1 amide bonds. The largest absolute Gasteiger partial charge is 0.362 e. The number of para-hydroxylation sites is 1. The lowest BCUT2D eigenvalue weighted by molar-refractivity contribution is -0.384. The second-order valence-corrected chi connectivity index (χ2v) is 6.44. The van der Waals surface area contributed by atoms with Crippen LogP contribution in [0.4, 0.5) is 15.8 Å². The summed E-state index contributed by atoms with van der Waals surface area (Å²) in [7, 11) is 0. The van der Waals surface area contributed by atoms with Crippen LogP contribution in [-0.4, -0.2) is 46.9 Å². The molecule has 0 aliphatic carbocycles. The molecule has 0 radical (unpaired) electrons. The third-order valence-corrected chi connectivity index (χ3v) is 4.80. The molecule has 2 heterocycles. The number of nitro benzene ring substituents is 1. The average Bonchev–Trinajstić information content (AvgIpc) is 3.11. The van der Waals surface area contributed by atoms with Crippen LogP contribution in [0.15, 0.2) is 48.5 Å². The maximum atomic E-state index is 13.3. The van der Waals surface area contributed by atoms with Crippen molar-refractivity contribution < 1.29 is 14.1 Å². The van der Waals surface area contributed by atoms with E-state index in [-0.39, 0.29) is 11.6 Å². The third-order valence-electron chi connectivity index (χ3n) is 4.80. The molecule has 0 bridgehead atoms. The fourth-order valence-electron chi connectivity index (χ4n) is 3.42. The van der Waals surface area contributed by atoms with Crippen molar-refractivity contribution in [2.75, 3.05) is 31.1 Å². The molecule has 2 aromatic carbocycles. The Kier molecular flexibility index (Phi) is 4.23. The Morgan fingerprint density at radius 2 is 1.81 bits per heavy atom. The normalized spacial score (nSPS) is 14.6. The van der Waals surface area contributed by atoms with Crippen LogP contribution in [0.25, 0.3) is 10.9 Å². The topological polar surface area (TPSA) is 82.5 Å². The molecule has 0 spiro atoms. The van der Waals surface area contributed by atoms with E-state index in [9.17, 15) is 19.3 Å². The zero-order valence-corrected chi connectivity index (χ0v) is 14.4. The van der Waals surface area contributed by atoms with Crippen molar-refractivity contribution in [1.82, 2.24) is 9.88 Å². The number of piperazine rings is 1. The van der Waals surface area contributed by atoms with Crippen LogP contribution < -0.4 is 4.90 Å². The van der Waals surface area contributed by atoms with Gasteiger partial charge in [0.1, 0.15) is 17.2 Å². The predicted octanol–water partition coefficient (Wildman–Crippen LogP) is 3.18. The van der Waals surface area contributed by atoms with E-state index in [1.807, 2.05) is 35.2 Å². The van der Waals surface area contributed by atoms with Gasteiger partial charge in [0.2, 0.25) is 0 Å². The zero-order valence-electron chi connectivity index (χ0n) is 14.4. The van der Waals surface area contributed by atoms with E-state index in [0.29, 0.717) is 37.6 Å². The Bertz CT molecular complexity index is 992. The SMILES string of the molecule is O=C(c1cc2ccccc2[nH]1)N1CCN(c2ccc(F)cc2[N+](=O)[O-])CC1. The number of carbonyl (C=O) groups excluding carboxylic acids is 1. The van der Waals surface area contributed by atoms with E-state index >= 15 is 0 Å². The number of nitrogens with one attached hydrogen (secondary N) is 1. The number of anilines is 1. The Balaban J connectivity index is 1.49. The predicted molar refractivity (Wildman–Crippen MR) is 99.5 cm³/mol. The average molecular weight is 368 g/mol. The third kappa shape index (κ3) is 3.21. The molecule has 4 rings (SSSR count). The van der Waals surface area contributed by atoms with Crippen LogP contribution in [0, 0.1) is 15.9 Å². The summed E-state index contributed by atoms with van der Waals surface area (Å²) in [6, 6.07) is 13.1. The van der Waals surface area contributed by atoms with Gasteiger partial charge in [-0.3, -0.25) is 14.9 Å². The molecule has 1 N–H and O–H groups in total. The lowest BCUT2D eigenvalue weighted by Gasteiger charge is -2.35. The highest BCUT2D eigenvalue weighted by Crippen LogP contribution is 2.29. The van der Waals surface area contributed by atoms with Crippen LogP contribution in [0.3, 0.4) is 0 Å². The van der Waals surface area contributed by atoms with Crippen molar-refractivity contribution in [3.8, 4) is 0 Å². The van der Waals surface area contributed by atoms with Crippen LogP contribution >= 0.6 is 0 Å². The molecule has 0 saturated carbocycles. The van der Waals surface area contributed by atoms with E-state index in [1.165, 1.54) is 12.1 Å². The number of benzene rings is 2. The smallest absolute Gasteiger partial charge is 0.295 e. The first kappa shape index (κ1) is 17.0. The maximum Gasteiger partial charge on any atom is 0.295 e. The first-order valence-corrected chi connectivity index (χ1v) is 8.59. The molecular weight excluding hydrogens is 351 g/mol. The summed E-state index contributed by atoms with van der Waals surface area (Å²) in [5, 5.41) is 12.2. The lowest BCUT2D eigenvalue weighted by Crippen LogP contribution is -2.49. The molecule has 138 valence electrons. The number of hydrogen-bond donors (Lipinski definition) is 1. The summed E-state index contributed by atoms with van der Waals surface area (Å²) in [5.41, 5.74) is 1.54. The summed E-state index contributed by atoms with van der Waals surface area (Å²) < 4.78 is 13.3. The maximum absolute atomic E-state index is 13.3. The van der Waals surface area contributed by atoms with Gasteiger partial charge in [0.25, 0.3) is 11.6 Å². The molecule has 1 aliphatic rings. The number of aromatic amines is 1. The van der Waals surface area contributed by atoms with Crippen molar-refractivity contribution in [3.63, 3.8) is 0 Å². The van der Waals surface area contributed by atoms with Crippen LogP contribution in [0.2, 0.25) is 0 Å². The highest BCUT2D eigenvalue weighted by Gasteiger charge is 2.27. The second-order valence-electron chi connectivity index (χ2n) is 6.44. The number of nitro groups is 1. The zero-order chi connectivity index (χ0) is 19.0. The Labute approximate surface area is 154 Å². The highest BCUT2D eigenvalue weighted by atomic mass is 19.1. The second kappa shape index (κ2) is 6.71. The fourth-order valence-corrected chi connectivity index (χ4v) is 3.42. The highest BCUT2D eigenvalue weighted by molar-refractivity contribution is 5.98. The number of fused-ring (bicyclic) bond motifs is 1. The molecule has 7 nitrogen and oxygen atoms in total. The standard InChI is InChI=1S/C19H17FN4O3/c20-14-5-6-17(18(12-14)24(26)27)22-7-9-23(10-8-22)19(25)16-11-13-3-1-2-4-15(13)21-16/h1-6,11-12,21H,7-10H2. The summed E-state index contributed by atoms with van der Waals surface area (Å²) >= 11 is 0.